The minimum Gasteiger partial charge on any atom is -0.497 e. The number of methoxy groups -OCH3 is 2. The molecule has 128 valence electrons. The largest absolute Gasteiger partial charge is 0.497 e. The normalized spacial score (nSPS) is 11.6. The molecule has 0 radical (unpaired) electrons. The molecule has 1 amide bonds. The first-order valence-corrected chi connectivity index (χ1v) is 7.88. The van der Waals surface area contributed by atoms with E-state index >= 15 is 0 Å². The van der Waals surface area contributed by atoms with Crippen molar-refractivity contribution in [2.24, 2.45) is 5.92 Å². The molecule has 0 saturated heterocycles. The van der Waals surface area contributed by atoms with Crippen molar-refractivity contribution in [1.29, 1.82) is 0 Å². The lowest BCUT2D eigenvalue weighted by Crippen LogP contribution is -2.17. The Bertz CT molecular complexity index is 701. The maximum atomic E-state index is 12.3. The third-order valence-corrected chi connectivity index (χ3v) is 3.83. The zero-order valence-corrected chi connectivity index (χ0v) is 14.3. The van der Waals surface area contributed by atoms with Gasteiger partial charge in [0.25, 0.3) is 0 Å². The van der Waals surface area contributed by atoms with Crippen LogP contribution in [0.2, 0.25) is 0 Å². The molecule has 0 heterocycles. The molecule has 24 heavy (non-hydrogen) atoms. The Morgan fingerprint density at radius 3 is 2.62 bits per heavy atom. The minimum atomic E-state index is -0.0719. The molecule has 2 aromatic rings. The number of nitrogen functional groups attached to an aromatic ring is 1. The number of carbonyl (C=O) groups excluding carboxylic acids is 1. The van der Waals surface area contributed by atoms with Gasteiger partial charge in [-0.05, 0) is 36.1 Å². The highest BCUT2D eigenvalue weighted by molar-refractivity contribution is 5.94. The molecule has 1 unspecified atom stereocenters. The Kier molecular flexibility index (Phi) is 6.07. The van der Waals surface area contributed by atoms with Crippen LogP contribution in [-0.4, -0.2) is 20.1 Å². The molecule has 0 aromatic heterocycles. The third-order valence-electron chi connectivity index (χ3n) is 3.83. The monoisotopic (exact) mass is 328 g/mol. The van der Waals surface area contributed by atoms with Gasteiger partial charge in [-0.15, -0.1) is 0 Å². The van der Waals surface area contributed by atoms with Crippen molar-refractivity contribution in [3.63, 3.8) is 0 Å². The molecule has 5 heteroatoms. The molecule has 5 nitrogen and oxygen atoms in total. The van der Waals surface area contributed by atoms with Crippen molar-refractivity contribution in [1.82, 2.24) is 0 Å². The van der Waals surface area contributed by atoms with Gasteiger partial charge in [-0.3, -0.25) is 4.79 Å². The van der Waals surface area contributed by atoms with E-state index in [0.29, 0.717) is 23.5 Å². The molecule has 0 aliphatic heterocycles. The highest BCUT2D eigenvalue weighted by Gasteiger charge is 2.13. The molecule has 0 spiro atoms. The maximum absolute atomic E-state index is 12.3. The summed E-state index contributed by atoms with van der Waals surface area (Å²) in [5.41, 5.74) is 8.08. The molecule has 3 N–H and O–H groups in total. The smallest absolute Gasteiger partial charge is 0.224 e. The summed E-state index contributed by atoms with van der Waals surface area (Å²) < 4.78 is 10.5. The fourth-order valence-corrected chi connectivity index (χ4v) is 2.61. The Balaban J connectivity index is 1.97. The quantitative estimate of drug-likeness (QED) is 0.763. The SMILES string of the molecule is COc1ccc(N)c(NC(=O)CC(C)Cc2ccccc2OC)c1. The summed E-state index contributed by atoms with van der Waals surface area (Å²) in [5.74, 6) is 1.61. The van der Waals surface area contributed by atoms with Crippen LogP contribution in [0.25, 0.3) is 0 Å². The van der Waals surface area contributed by atoms with Gasteiger partial charge in [-0.1, -0.05) is 25.1 Å². The van der Waals surface area contributed by atoms with Crippen LogP contribution in [0.1, 0.15) is 18.9 Å². The van der Waals surface area contributed by atoms with E-state index in [0.717, 1.165) is 17.7 Å². The van der Waals surface area contributed by atoms with Gasteiger partial charge in [0.15, 0.2) is 0 Å². The fourth-order valence-electron chi connectivity index (χ4n) is 2.61. The second-order valence-corrected chi connectivity index (χ2v) is 5.83. The van der Waals surface area contributed by atoms with E-state index in [-0.39, 0.29) is 11.8 Å². The molecule has 0 fully saturated rings. The van der Waals surface area contributed by atoms with E-state index in [9.17, 15) is 4.79 Å². The minimum absolute atomic E-state index is 0.0719. The first-order valence-electron chi connectivity index (χ1n) is 7.88. The van der Waals surface area contributed by atoms with Crippen LogP contribution < -0.4 is 20.5 Å². The summed E-state index contributed by atoms with van der Waals surface area (Å²) in [7, 11) is 3.23. The predicted molar refractivity (Wildman–Crippen MR) is 96.5 cm³/mol. The zero-order chi connectivity index (χ0) is 17.5. The summed E-state index contributed by atoms with van der Waals surface area (Å²) in [6, 6.07) is 13.1. The Morgan fingerprint density at radius 1 is 1.17 bits per heavy atom. The molecule has 0 aliphatic carbocycles. The average molecular weight is 328 g/mol. The van der Waals surface area contributed by atoms with Gasteiger partial charge in [0.1, 0.15) is 11.5 Å². The molecular weight excluding hydrogens is 304 g/mol. The number of nitrogens with two attached hydrogens (primary N) is 1. The summed E-state index contributed by atoms with van der Waals surface area (Å²) in [4.78, 5) is 12.3. The van der Waals surface area contributed by atoms with E-state index in [4.69, 9.17) is 15.2 Å². The molecule has 0 bridgehead atoms. The van der Waals surface area contributed by atoms with Gasteiger partial charge in [-0.25, -0.2) is 0 Å². The van der Waals surface area contributed by atoms with E-state index in [1.165, 1.54) is 0 Å². The van der Waals surface area contributed by atoms with Gasteiger partial charge in [0.05, 0.1) is 25.6 Å². The van der Waals surface area contributed by atoms with E-state index in [1.54, 1.807) is 32.4 Å². The number of amides is 1. The lowest BCUT2D eigenvalue weighted by Gasteiger charge is -2.15. The first kappa shape index (κ1) is 17.7. The lowest BCUT2D eigenvalue weighted by atomic mass is 9.97. The number of anilines is 2. The average Bonchev–Trinajstić information content (AvgIpc) is 2.57. The van der Waals surface area contributed by atoms with E-state index < -0.39 is 0 Å². The van der Waals surface area contributed by atoms with Gasteiger partial charge < -0.3 is 20.5 Å². The number of nitrogens with one attached hydrogen (secondary N) is 1. The molecule has 1 atom stereocenters. The van der Waals surface area contributed by atoms with Crippen LogP contribution in [0, 0.1) is 5.92 Å². The highest BCUT2D eigenvalue weighted by Crippen LogP contribution is 2.26. The second kappa shape index (κ2) is 8.24. The Morgan fingerprint density at radius 2 is 1.92 bits per heavy atom. The van der Waals surface area contributed by atoms with Gasteiger partial charge in [-0.2, -0.15) is 0 Å². The third kappa shape index (κ3) is 4.65. The number of carbonyl (C=O) groups is 1. The standard InChI is InChI=1S/C19H24N2O3/c1-13(10-14-6-4-5-7-18(14)24-3)11-19(22)21-17-12-15(23-2)8-9-16(17)20/h4-9,12-13H,10-11,20H2,1-3H3,(H,21,22). The number of rotatable bonds is 7. The first-order chi connectivity index (χ1) is 11.5. The summed E-state index contributed by atoms with van der Waals surface area (Å²) in [6.07, 6.45) is 1.17. The summed E-state index contributed by atoms with van der Waals surface area (Å²) >= 11 is 0. The topological polar surface area (TPSA) is 73.6 Å². The number of benzene rings is 2. The van der Waals surface area contributed by atoms with Crippen molar-refractivity contribution in [2.75, 3.05) is 25.3 Å². The fraction of sp³-hybridized carbons (Fsp3) is 0.316. The van der Waals surface area contributed by atoms with Crippen LogP contribution in [0.3, 0.4) is 0 Å². The van der Waals surface area contributed by atoms with Crippen molar-refractivity contribution in [2.45, 2.75) is 19.8 Å². The van der Waals surface area contributed by atoms with Gasteiger partial charge in [0, 0.05) is 12.5 Å². The van der Waals surface area contributed by atoms with Crippen LogP contribution in [0.15, 0.2) is 42.5 Å². The van der Waals surface area contributed by atoms with Crippen LogP contribution in [0.5, 0.6) is 11.5 Å². The number of ether oxygens (including phenoxy) is 2. The number of hydrogen-bond donors (Lipinski definition) is 2. The Labute approximate surface area is 142 Å². The van der Waals surface area contributed by atoms with Crippen LogP contribution in [-0.2, 0) is 11.2 Å². The molecular formula is C19H24N2O3. The van der Waals surface area contributed by atoms with Crippen molar-refractivity contribution < 1.29 is 14.3 Å². The lowest BCUT2D eigenvalue weighted by molar-refractivity contribution is -0.116. The molecule has 2 rings (SSSR count). The van der Waals surface area contributed by atoms with E-state index in [2.05, 4.69) is 5.32 Å². The van der Waals surface area contributed by atoms with Crippen molar-refractivity contribution in [3.8, 4) is 11.5 Å². The molecule has 0 aliphatic rings. The van der Waals surface area contributed by atoms with Crippen LogP contribution >= 0.6 is 0 Å². The maximum Gasteiger partial charge on any atom is 0.224 e. The summed E-state index contributed by atoms with van der Waals surface area (Å²) in [5, 5.41) is 2.86. The van der Waals surface area contributed by atoms with Gasteiger partial charge in [0.2, 0.25) is 5.91 Å². The van der Waals surface area contributed by atoms with Gasteiger partial charge >= 0.3 is 0 Å². The van der Waals surface area contributed by atoms with Crippen molar-refractivity contribution >= 4 is 17.3 Å². The van der Waals surface area contributed by atoms with E-state index in [1.807, 2.05) is 31.2 Å². The number of para-hydroxylation sites is 1. The number of hydrogen-bond acceptors (Lipinski definition) is 4. The second-order valence-electron chi connectivity index (χ2n) is 5.83. The zero-order valence-electron chi connectivity index (χ0n) is 14.3. The Hall–Kier alpha value is -2.69. The predicted octanol–water partition coefficient (Wildman–Crippen LogP) is 3.49. The highest BCUT2D eigenvalue weighted by atomic mass is 16.5. The molecule has 0 saturated carbocycles. The van der Waals surface area contributed by atoms with Crippen LogP contribution in [0.4, 0.5) is 11.4 Å². The molecule has 2 aromatic carbocycles. The summed E-state index contributed by atoms with van der Waals surface area (Å²) in [6.45, 7) is 2.04. The van der Waals surface area contributed by atoms with Crippen molar-refractivity contribution in [3.05, 3.63) is 48.0 Å².